The zero-order valence-electron chi connectivity index (χ0n) is 10.7. The van der Waals surface area contributed by atoms with Gasteiger partial charge in [-0.1, -0.05) is 24.9 Å². The quantitative estimate of drug-likeness (QED) is 0.884. The molecule has 6 heteroatoms. The molecule has 0 fully saturated rings. The molecule has 1 N–H and O–H groups in total. The minimum absolute atomic E-state index is 0.176. The van der Waals surface area contributed by atoms with Crippen LogP contribution < -0.4 is 10.9 Å². The number of hydrogen-bond donors (Lipinski definition) is 1. The highest BCUT2D eigenvalue weighted by Crippen LogP contribution is 2.16. The lowest BCUT2D eigenvalue weighted by atomic mass is 10.3. The molecule has 2 heterocycles. The molecule has 0 aliphatic heterocycles. The van der Waals surface area contributed by atoms with Crippen LogP contribution in [0.2, 0.25) is 5.02 Å². The van der Waals surface area contributed by atoms with E-state index in [-0.39, 0.29) is 10.6 Å². The molecule has 0 aliphatic carbocycles. The van der Waals surface area contributed by atoms with Crippen molar-refractivity contribution in [2.45, 2.75) is 32.9 Å². The van der Waals surface area contributed by atoms with Crippen molar-refractivity contribution in [3.8, 4) is 0 Å². The van der Waals surface area contributed by atoms with Crippen molar-refractivity contribution in [1.82, 2.24) is 9.78 Å². The molecule has 2 aromatic heterocycles. The number of nitrogens with zero attached hydrogens (tertiary/aromatic N) is 2. The van der Waals surface area contributed by atoms with E-state index in [0.29, 0.717) is 18.8 Å². The molecule has 0 bridgehead atoms. The molecule has 0 spiro atoms. The summed E-state index contributed by atoms with van der Waals surface area (Å²) in [5.74, 6) is 0. The lowest BCUT2D eigenvalue weighted by Crippen LogP contribution is -2.24. The molecule has 2 rings (SSSR count). The zero-order valence-corrected chi connectivity index (χ0v) is 11.5. The molecule has 5 nitrogen and oxygen atoms in total. The van der Waals surface area contributed by atoms with Gasteiger partial charge in [-0.15, -0.1) is 0 Å². The van der Waals surface area contributed by atoms with Crippen LogP contribution in [0.15, 0.2) is 34.0 Å². The fourth-order valence-corrected chi connectivity index (χ4v) is 1.86. The summed E-state index contributed by atoms with van der Waals surface area (Å²) in [6, 6.07) is 1.84. The highest BCUT2D eigenvalue weighted by molar-refractivity contribution is 6.32. The fourth-order valence-electron chi connectivity index (χ4n) is 1.65. The molecular weight excluding hydrogens is 266 g/mol. The van der Waals surface area contributed by atoms with Crippen molar-refractivity contribution in [3.63, 3.8) is 0 Å². The minimum atomic E-state index is -0.257. The van der Waals surface area contributed by atoms with Gasteiger partial charge in [-0.25, -0.2) is 4.68 Å². The molecule has 0 saturated heterocycles. The first-order chi connectivity index (χ1) is 9.22. The highest BCUT2D eigenvalue weighted by atomic mass is 35.5. The maximum Gasteiger partial charge on any atom is 0.287 e. The Morgan fingerprint density at radius 2 is 2.37 bits per heavy atom. The second-order valence-electron chi connectivity index (χ2n) is 4.24. The van der Waals surface area contributed by atoms with Crippen LogP contribution in [-0.2, 0) is 13.1 Å². The number of anilines is 1. The lowest BCUT2D eigenvalue weighted by molar-refractivity contribution is 0.543. The van der Waals surface area contributed by atoms with E-state index in [9.17, 15) is 4.79 Å². The molecule has 0 amide bonds. The maximum absolute atomic E-state index is 12.0. The third-order valence-corrected chi connectivity index (χ3v) is 3.14. The van der Waals surface area contributed by atoms with E-state index < -0.39 is 0 Å². The molecule has 0 saturated carbocycles. The van der Waals surface area contributed by atoms with Gasteiger partial charge < -0.3 is 9.73 Å². The minimum Gasteiger partial charge on any atom is -0.472 e. The number of unbranched alkanes of at least 4 members (excludes halogenated alkanes) is 1. The number of aromatic nitrogens is 2. The van der Waals surface area contributed by atoms with E-state index in [1.807, 2.05) is 6.07 Å². The Balaban J connectivity index is 2.09. The van der Waals surface area contributed by atoms with Crippen LogP contribution in [0.1, 0.15) is 25.3 Å². The predicted molar refractivity (Wildman–Crippen MR) is 74.4 cm³/mol. The summed E-state index contributed by atoms with van der Waals surface area (Å²) < 4.78 is 6.36. The highest BCUT2D eigenvalue weighted by Gasteiger charge is 2.08. The van der Waals surface area contributed by atoms with Crippen LogP contribution in [0.3, 0.4) is 0 Å². The number of furan rings is 1. The van der Waals surface area contributed by atoms with Crippen LogP contribution in [-0.4, -0.2) is 9.78 Å². The monoisotopic (exact) mass is 281 g/mol. The van der Waals surface area contributed by atoms with Gasteiger partial charge in [-0.05, 0) is 12.5 Å². The standard InChI is InChI=1S/C13H16ClN3O2/c1-2-3-5-17-13(18)12(14)11(8-16-17)15-7-10-4-6-19-9-10/h4,6,8-9,15H,2-3,5,7H2,1H3. The third-order valence-electron chi connectivity index (χ3n) is 2.77. The van der Waals surface area contributed by atoms with Gasteiger partial charge in [-0.3, -0.25) is 4.79 Å². The second-order valence-corrected chi connectivity index (χ2v) is 4.62. The topological polar surface area (TPSA) is 60.1 Å². The Kier molecular flexibility index (Phi) is 4.63. The van der Waals surface area contributed by atoms with Gasteiger partial charge >= 0.3 is 0 Å². The SMILES string of the molecule is CCCCn1ncc(NCc2ccoc2)c(Cl)c1=O. The maximum atomic E-state index is 12.0. The fraction of sp³-hybridized carbons (Fsp3) is 0.385. The second kappa shape index (κ2) is 6.43. The Bertz CT molecular complexity index is 578. The smallest absolute Gasteiger partial charge is 0.287 e. The average Bonchev–Trinajstić information content (AvgIpc) is 2.92. The Morgan fingerprint density at radius 3 is 3.05 bits per heavy atom. The largest absolute Gasteiger partial charge is 0.472 e. The first kappa shape index (κ1) is 13.7. The van der Waals surface area contributed by atoms with Gasteiger partial charge in [0.2, 0.25) is 0 Å². The molecule has 0 radical (unpaired) electrons. The Morgan fingerprint density at radius 1 is 1.53 bits per heavy atom. The third kappa shape index (κ3) is 3.38. The van der Waals surface area contributed by atoms with Crippen LogP contribution in [0.5, 0.6) is 0 Å². The van der Waals surface area contributed by atoms with Crippen molar-refractivity contribution in [2.75, 3.05) is 5.32 Å². The van der Waals surface area contributed by atoms with Gasteiger partial charge in [0.25, 0.3) is 5.56 Å². The number of aryl methyl sites for hydroxylation is 1. The summed E-state index contributed by atoms with van der Waals surface area (Å²) in [4.78, 5) is 12.0. The summed E-state index contributed by atoms with van der Waals surface area (Å²) in [7, 11) is 0. The van der Waals surface area contributed by atoms with E-state index in [1.165, 1.54) is 4.68 Å². The molecule has 0 atom stereocenters. The van der Waals surface area contributed by atoms with E-state index in [1.54, 1.807) is 18.7 Å². The first-order valence-corrected chi connectivity index (χ1v) is 6.60. The Labute approximate surface area is 116 Å². The molecule has 2 aromatic rings. The molecule has 19 heavy (non-hydrogen) atoms. The number of hydrogen-bond acceptors (Lipinski definition) is 4. The van der Waals surface area contributed by atoms with Crippen molar-refractivity contribution >= 4 is 17.3 Å². The van der Waals surface area contributed by atoms with E-state index in [4.69, 9.17) is 16.0 Å². The number of nitrogens with one attached hydrogen (secondary N) is 1. The molecule has 102 valence electrons. The predicted octanol–water partition coefficient (Wildman–Crippen LogP) is 2.90. The first-order valence-electron chi connectivity index (χ1n) is 6.23. The normalized spacial score (nSPS) is 10.6. The van der Waals surface area contributed by atoms with Gasteiger partial charge in [0.15, 0.2) is 0 Å². The summed E-state index contributed by atoms with van der Waals surface area (Å²) in [5.41, 5.74) is 1.26. The average molecular weight is 282 g/mol. The van der Waals surface area contributed by atoms with Crippen molar-refractivity contribution in [3.05, 3.63) is 45.7 Å². The van der Waals surface area contributed by atoms with E-state index in [2.05, 4.69) is 17.3 Å². The molecule has 0 unspecified atom stereocenters. The summed E-state index contributed by atoms with van der Waals surface area (Å²) in [5, 5.41) is 7.36. The summed E-state index contributed by atoms with van der Waals surface area (Å²) in [6.07, 6.45) is 6.73. The van der Waals surface area contributed by atoms with Crippen LogP contribution in [0, 0.1) is 0 Å². The number of halogens is 1. The van der Waals surface area contributed by atoms with Crippen molar-refractivity contribution in [2.24, 2.45) is 0 Å². The van der Waals surface area contributed by atoms with Gasteiger partial charge in [0, 0.05) is 18.7 Å². The molecular formula is C13H16ClN3O2. The molecule has 0 aromatic carbocycles. The van der Waals surface area contributed by atoms with Crippen LogP contribution >= 0.6 is 11.6 Å². The van der Waals surface area contributed by atoms with Crippen molar-refractivity contribution < 1.29 is 4.42 Å². The summed E-state index contributed by atoms with van der Waals surface area (Å²) >= 11 is 6.06. The summed E-state index contributed by atoms with van der Waals surface area (Å²) in [6.45, 7) is 3.20. The Hall–Kier alpha value is -1.75. The van der Waals surface area contributed by atoms with E-state index >= 15 is 0 Å². The zero-order chi connectivity index (χ0) is 13.7. The lowest BCUT2D eigenvalue weighted by Gasteiger charge is -2.09. The van der Waals surface area contributed by atoms with Crippen LogP contribution in [0.25, 0.3) is 0 Å². The van der Waals surface area contributed by atoms with Gasteiger partial charge in [0.05, 0.1) is 24.4 Å². The van der Waals surface area contributed by atoms with E-state index in [0.717, 1.165) is 18.4 Å². The molecule has 0 aliphatic rings. The van der Waals surface area contributed by atoms with Crippen LogP contribution in [0.4, 0.5) is 5.69 Å². The van der Waals surface area contributed by atoms with Gasteiger partial charge in [0.1, 0.15) is 5.02 Å². The van der Waals surface area contributed by atoms with Gasteiger partial charge in [-0.2, -0.15) is 5.10 Å². The number of rotatable bonds is 6. The van der Waals surface area contributed by atoms with Crippen molar-refractivity contribution in [1.29, 1.82) is 0 Å².